The first-order valence-corrected chi connectivity index (χ1v) is 9.09. The van der Waals surface area contributed by atoms with Crippen molar-refractivity contribution >= 4 is 6.92 Å². The summed E-state index contributed by atoms with van der Waals surface area (Å²) >= 11 is 0. The van der Waals surface area contributed by atoms with Crippen molar-refractivity contribution < 1.29 is 19.2 Å². The third-order valence-electron chi connectivity index (χ3n) is 4.54. The van der Waals surface area contributed by atoms with Crippen LogP contribution in [0.25, 0.3) is 0 Å². The van der Waals surface area contributed by atoms with E-state index >= 15 is 0 Å². The van der Waals surface area contributed by atoms with Crippen LogP contribution in [0, 0.1) is 23.4 Å². The molecule has 1 saturated heterocycles. The summed E-state index contributed by atoms with van der Waals surface area (Å²) in [6, 6.07) is 7.50. The number of hydrogen-bond acceptors (Lipinski definition) is 5. The van der Waals surface area contributed by atoms with Crippen LogP contribution in [0.1, 0.15) is 45.6 Å². The Labute approximate surface area is 156 Å². The van der Waals surface area contributed by atoms with Gasteiger partial charge < -0.3 is 19.2 Å². The zero-order chi connectivity index (χ0) is 19.0. The number of nitrogens with zero attached hydrogens (tertiary/aromatic N) is 1. The second-order valence-corrected chi connectivity index (χ2v) is 7.00. The van der Waals surface area contributed by atoms with Gasteiger partial charge in [-0.1, -0.05) is 31.6 Å². The molecule has 1 aliphatic heterocycles. The highest BCUT2D eigenvalue weighted by Crippen LogP contribution is 2.35. The van der Waals surface area contributed by atoms with Gasteiger partial charge in [-0.15, -0.1) is 0 Å². The Morgan fingerprint density at radius 1 is 1.35 bits per heavy atom. The molecule has 0 saturated carbocycles. The van der Waals surface area contributed by atoms with Crippen LogP contribution in [-0.2, 0) is 9.39 Å². The van der Waals surface area contributed by atoms with Crippen molar-refractivity contribution in [2.45, 2.75) is 57.5 Å². The van der Waals surface area contributed by atoms with Crippen LogP contribution in [0.3, 0.4) is 0 Å². The van der Waals surface area contributed by atoms with Gasteiger partial charge in [0, 0.05) is 18.0 Å². The molecule has 0 unspecified atom stereocenters. The molecule has 1 N–H and O–H groups in total. The van der Waals surface area contributed by atoms with E-state index in [9.17, 15) is 5.11 Å². The van der Waals surface area contributed by atoms with Crippen LogP contribution in [-0.4, -0.2) is 36.8 Å². The largest absolute Gasteiger partial charge is 0.494 e. The predicted molar refractivity (Wildman–Crippen MR) is 101 cm³/mol. The minimum atomic E-state index is -0.930. The molecule has 0 spiro atoms. The number of rotatable bonds is 7. The molecule has 5 nitrogen and oxygen atoms in total. The molecule has 2 rings (SSSR count). The van der Waals surface area contributed by atoms with Crippen molar-refractivity contribution in [3.05, 3.63) is 29.8 Å². The fraction of sp³-hybridized carbons (Fsp3) is 0.550. The van der Waals surface area contributed by atoms with E-state index in [1.54, 1.807) is 6.26 Å². The Morgan fingerprint density at radius 3 is 2.73 bits per heavy atom. The molecule has 0 bridgehead atoms. The standard InChI is InChI=1S/C20H26BNO4/c1-4-5-6-13-24-17-10-7-16(8-11-17)9-12-19(23)18-14-25-20(2,3)21(18)26-15-22/h7-8,10-11,18-19,23H,4-6,13-14H2,1-3H3/t18-,19+/m1/s1. The Kier molecular flexibility index (Phi) is 7.39. The summed E-state index contributed by atoms with van der Waals surface area (Å²) in [5, 5.41) is 19.2. The Bertz CT molecular complexity index is 672. The van der Waals surface area contributed by atoms with Crippen molar-refractivity contribution in [1.82, 2.24) is 0 Å². The van der Waals surface area contributed by atoms with E-state index in [0.717, 1.165) is 24.3 Å². The van der Waals surface area contributed by atoms with E-state index < -0.39 is 18.5 Å². The van der Waals surface area contributed by atoms with Crippen molar-refractivity contribution in [2.75, 3.05) is 13.2 Å². The van der Waals surface area contributed by atoms with E-state index in [0.29, 0.717) is 6.61 Å². The molecule has 1 aromatic rings. The molecule has 0 aliphatic carbocycles. The Hall–Kier alpha value is -2.15. The molecule has 1 fully saturated rings. The number of aliphatic hydroxyl groups is 1. The fourth-order valence-electron chi connectivity index (χ4n) is 2.98. The van der Waals surface area contributed by atoms with Crippen LogP contribution in [0.4, 0.5) is 0 Å². The first-order chi connectivity index (χ1) is 12.5. The summed E-state index contributed by atoms with van der Waals surface area (Å²) < 4.78 is 16.4. The average molecular weight is 355 g/mol. The zero-order valence-electron chi connectivity index (χ0n) is 15.7. The molecule has 1 aromatic carbocycles. The van der Waals surface area contributed by atoms with Crippen molar-refractivity contribution in [3.8, 4) is 23.8 Å². The maximum Gasteiger partial charge on any atom is 0.414 e. The maximum atomic E-state index is 10.4. The third-order valence-corrected chi connectivity index (χ3v) is 4.54. The van der Waals surface area contributed by atoms with Gasteiger partial charge in [0.25, 0.3) is 6.26 Å². The second kappa shape index (κ2) is 9.52. The summed E-state index contributed by atoms with van der Waals surface area (Å²) in [5.41, 5.74) is 0.167. The van der Waals surface area contributed by atoms with Crippen LogP contribution in [0.2, 0.25) is 5.82 Å². The van der Waals surface area contributed by atoms with Gasteiger partial charge in [0.05, 0.1) is 12.1 Å². The predicted octanol–water partition coefficient (Wildman–Crippen LogP) is 3.18. The summed E-state index contributed by atoms with van der Waals surface area (Å²) in [6.07, 6.45) is 4.16. The molecular formula is C20H26BNO4. The second-order valence-electron chi connectivity index (χ2n) is 7.00. The van der Waals surface area contributed by atoms with Gasteiger partial charge >= 0.3 is 6.92 Å². The van der Waals surface area contributed by atoms with Crippen LogP contribution in [0.5, 0.6) is 5.75 Å². The Morgan fingerprint density at radius 2 is 2.08 bits per heavy atom. The van der Waals surface area contributed by atoms with E-state index in [-0.39, 0.29) is 5.82 Å². The normalized spacial score (nSPS) is 19.2. The molecular weight excluding hydrogens is 329 g/mol. The number of ether oxygens (including phenoxy) is 2. The lowest BCUT2D eigenvalue weighted by molar-refractivity contribution is 0.0549. The fourth-order valence-corrected chi connectivity index (χ4v) is 2.98. The Balaban J connectivity index is 1.94. The van der Waals surface area contributed by atoms with Gasteiger partial charge in [-0.2, -0.15) is 5.26 Å². The smallest absolute Gasteiger partial charge is 0.414 e. The molecule has 26 heavy (non-hydrogen) atoms. The zero-order valence-corrected chi connectivity index (χ0v) is 15.7. The summed E-state index contributed by atoms with van der Waals surface area (Å²) in [4.78, 5) is 0. The monoisotopic (exact) mass is 355 g/mol. The lowest BCUT2D eigenvalue weighted by atomic mass is 9.46. The van der Waals surface area contributed by atoms with Crippen LogP contribution in [0.15, 0.2) is 24.3 Å². The average Bonchev–Trinajstić information content (AvgIpc) is 2.93. The highest BCUT2D eigenvalue weighted by molar-refractivity contribution is 6.58. The number of nitriles is 1. The molecule has 1 aliphatic rings. The lowest BCUT2D eigenvalue weighted by Crippen LogP contribution is -2.43. The van der Waals surface area contributed by atoms with E-state index in [2.05, 4.69) is 18.8 Å². The number of unbranched alkanes of at least 4 members (excludes halogenated alkanes) is 2. The summed E-state index contributed by atoms with van der Waals surface area (Å²) in [5.74, 6) is 6.26. The van der Waals surface area contributed by atoms with Crippen LogP contribution >= 0.6 is 0 Å². The van der Waals surface area contributed by atoms with Crippen molar-refractivity contribution in [3.63, 3.8) is 0 Å². The van der Waals surface area contributed by atoms with E-state index in [1.165, 1.54) is 12.8 Å². The molecule has 138 valence electrons. The lowest BCUT2D eigenvalue weighted by Gasteiger charge is -2.22. The van der Waals surface area contributed by atoms with Gasteiger partial charge in [-0.05, 0) is 44.5 Å². The highest BCUT2D eigenvalue weighted by atomic mass is 16.5. The van der Waals surface area contributed by atoms with E-state index in [1.807, 2.05) is 38.1 Å². The van der Waals surface area contributed by atoms with Gasteiger partial charge in [0.15, 0.2) is 0 Å². The molecule has 2 atom stereocenters. The number of benzene rings is 1. The van der Waals surface area contributed by atoms with E-state index in [4.69, 9.17) is 19.4 Å². The molecule has 6 heteroatoms. The van der Waals surface area contributed by atoms with Gasteiger partial charge in [0.1, 0.15) is 11.9 Å². The topological polar surface area (TPSA) is 71.7 Å². The minimum Gasteiger partial charge on any atom is -0.494 e. The van der Waals surface area contributed by atoms with Gasteiger partial charge in [0.2, 0.25) is 0 Å². The molecule has 1 heterocycles. The summed E-state index contributed by atoms with van der Waals surface area (Å²) in [7, 11) is 0. The first-order valence-electron chi connectivity index (χ1n) is 9.09. The quantitative estimate of drug-likeness (QED) is 0.352. The SMILES string of the molecule is CCCCCOc1ccc(C#C[C@H](O)[C@H]2COC(C)(C)B2OC#N)cc1. The van der Waals surface area contributed by atoms with Crippen LogP contribution < -0.4 is 4.74 Å². The first kappa shape index (κ1) is 20.2. The van der Waals surface area contributed by atoms with Gasteiger partial charge in [-0.3, -0.25) is 0 Å². The van der Waals surface area contributed by atoms with Crippen molar-refractivity contribution in [1.29, 1.82) is 5.26 Å². The summed E-state index contributed by atoms with van der Waals surface area (Å²) in [6.45, 7) is 6.35. The van der Waals surface area contributed by atoms with Gasteiger partial charge in [-0.25, -0.2) is 0 Å². The maximum absolute atomic E-state index is 10.4. The van der Waals surface area contributed by atoms with Crippen molar-refractivity contribution in [2.24, 2.45) is 0 Å². The highest BCUT2D eigenvalue weighted by Gasteiger charge is 2.53. The molecule has 0 amide bonds. The molecule has 0 radical (unpaired) electrons. The minimum absolute atomic E-state index is 0.305. The molecule has 0 aromatic heterocycles. The third kappa shape index (κ3) is 5.43. The number of aliphatic hydroxyl groups excluding tert-OH is 1. The number of hydrogen-bond donors (Lipinski definition) is 1.